The third kappa shape index (κ3) is 4.93. The van der Waals surface area contributed by atoms with Crippen LogP contribution in [0.3, 0.4) is 0 Å². The summed E-state index contributed by atoms with van der Waals surface area (Å²) in [5.74, 6) is 3.40. The second-order valence-corrected chi connectivity index (χ2v) is 5.75. The first kappa shape index (κ1) is 15.6. The Kier molecular flexibility index (Phi) is 5.87. The van der Waals surface area contributed by atoms with Crippen molar-refractivity contribution in [2.24, 2.45) is 0 Å². The van der Waals surface area contributed by atoms with Crippen molar-refractivity contribution in [2.75, 3.05) is 19.0 Å². The molecule has 0 unspecified atom stereocenters. The molecule has 2 aromatic rings. The third-order valence-electron chi connectivity index (χ3n) is 2.88. The van der Waals surface area contributed by atoms with E-state index in [4.69, 9.17) is 4.74 Å². The molecule has 1 N–H and O–H groups in total. The highest BCUT2D eigenvalue weighted by Gasteiger charge is 2.03. The van der Waals surface area contributed by atoms with Crippen molar-refractivity contribution in [1.29, 1.82) is 0 Å². The van der Waals surface area contributed by atoms with Gasteiger partial charge in [0, 0.05) is 23.2 Å². The number of nitrogens with zero attached hydrogens (tertiary/aromatic N) is 2. The monoisotopic (exact) mass is 303 g/mol. The van der Waals surface area contributed by atoms with Gasteiger partial charge in [0.2, 0.25) is 0 Å². The van der Waals surface area contributed by atoms with Crippen LogP contribution in [-0.4, -0.2) is 23.6 Å². The molecule has 0 aliphatic heterocycles. The Morgan fingerprint density at radius 2 is 1.95 bits per heavy atom. The number of aromatic nitrogens is 2. The molecule has 21 heavy (non-hydrogen) atoms. The molecule has 0 bridgehead atoms. The molecule has 0 spiro atoms. The van der Waals surface area contributed by atoms with Crippen LogP contribution in [0.25, 0.3) is 0 Å². The summed E-state index contributed by atoms with van der Waals surface area (Å²) in [5, 5.41) is 3.31. The molecule has 4 nitrogen and oxygen atoms in total. The summed E-state index contributed by atoms with van der Waals surface area (Å²) in [7, 11) is 1.67. The second kappa shape index (κ2) is 7.88. The zero-order valence-corrected chi connectivity index (χ0v) is 13.5. The van der Waals surface area contributed by atoms with Crippen LogP contribution in [0.15, 0.2) is 35.2 Å². The number of rotatable bonds is 7. The lowest BCUT2D eigenvalue weighted by Crippen LogP contribution is -2.05. The fraction of sp³-hybridized carbons (Fsp3) is 0.375. The van der Waals surface area contributed by atoms with Crippen molar-refractivity contribution >= 4 is 17.6 Å². The van der Waals surface area contributed by atoms with E-state index in [1.165, 1.54) is 4.90 Å². The number of anilines is 1. The Morgan fingerprint density at radius 1 is 1.19 bits per heavy atom. The van der Waals surface area contributed by atoms with Gasteiger partial charge >= 0.3 is 0 Å². The Bertz CT molecular complexity index is 572. The molecular formula is C16H21N3OS. The van der Waals surface area contributed by atoms with Crippen LogP contribution < -0.4 is 10.1 Å². The highest BCUT2D eigenvalue weighted by molar-refractivity contribution is 7.98. The maximum Gasteiger partial charge on any atom is 0.141 e. The van der Waals surface area contributed by atoms with Gasteiger partial charge in [0.15, 0.2) is 0 Å². The van der Waals surface area contributed by atoms with Crippen LogP contribution in [0.5, 0.6) is 5.75 Å². The fourth-order valence-electron chi connectivity index (χ4n) is 1.86. The minimum atomic E-state index is 0.759. The van der Waals surface area contributed by atoms with Crippen molar-refractivity contribution in [3.8, 4) is 5.75 Å². The van der Waals surface area contributed by atoms with Gasteiger partial charge in [0.05, 0.1) is 12.9 Å². The first-order chi connectivity index (χ1) is 10.2. The molecule has 5 heteroatoms. The topological polar surface area (TPSA) is 47.0 Å². The summed E-state index contributed by atoms with van der Waals surface area (Å²) >= 11 is 1.73. The van der Waals surface area contributed by atoms with E-state index < -0.39 is 0 Å². The quantitative estimate of drug-likeness (QED) is 0.786. The van der Waals surface area contributed by atoms with Crippen LogP contribution in [0.2, 0.25) is 0 Å². The lowest BCUT2D eigenvalue weighted by Gasteiger charge is -2.08. The van der Waals surface area contributed by atoms with Crippen molar-refractivity contribution < 1.29 is 4.74 Å². The van der Waals surface area contributed by atoms with E-state index in [2.05, 4.69) is 34.3 Å². The minimum absolute atomic E-state index is 0.759. The Morgan fingerprint density at radius 3 is 2.62 bits per heavy atom. The van der Waals surface area contributed by atoms with Gasteiger partial charge in [-0.2, -0.15) is 0 Å². The SMILES string of the molecule is CCCNc1cc(C)nc(CSc2ccc(OC)cc2)n1. The van der Waals surface area contributed by atoms with Crippen LogP contribution in [0.1, 0.15) is 24.9 Å². The Labute approximate surface area is 130 Å². The van der Waals surface area contributed by atoms with Crippen LogP contribution in [0, 0.1) is 6.92 Å². The fourth-order valence-corrected chi connectivity index (χ4v) is 2.61. The van der Waals surface area contributed by atoms with Gasteiger partial charge in [-0.3, -0.25) is 0 Å². The summed E-state index contributed by atoms with van der Waals surface area (Å²) in [6.07, 6.45) is 1.08. The molecule has 0 amide bonds. The number of thioether (sulfide) groups is 1. The summed E-state index contributed by atoms with van der Waals surface area (Å²) in [6, 6.07) is 10.0. The standard InChI is InChI=1S/C16H21N3OS/c1-4-9-17-15-10-12(2)18-16(19-15)11-21-14-7-5-13(20-3)6-8-14/h5-8,10H,4,9,11H2,1-3H3,(H,17,18,19). The Balaban J connectivity index is 1.99. The van der Waals surface area contributed by atoms with E-state index in [1.807, 2.05) is 25.1 Å². The summed E-state index contributed by atoms with van der Waals surface area (Å²) < 4.78 is 5.16. The van der Waals surface area contributed by atoms with E-state index >= 15 is 0 Å². The van der Waals surface area contributed by atoms with Gasteiger partial charge in [-0.25, -0.2) is 9.97 Å². The summed E-state index contributed by atoms with van der Waals surface area (Å²) in [4.78, 5) is 10.2. The van der Waals surface area contributed by atoms with Gasteiger partial charge < -0.3 is 10.1 Å². The minimum Gasteiger partial charge on any atom is -0.497 e. The molecule has 112 valence electrons. The molecule has 0 aliphatic rings. The first-order valence-electron chi connectivity index (χ1n) is 7.06. The van der Waals surface area contributed by atoms with Crippen molar-refractivity contribution in [3.05, 3.63) is 41.9 Å². The van der Waals surface area contributed by atoms with Crippen LogP contribution in [-0.2, 0) is 5.75 Å². The van der Waals surface area contributed by atoms with E-state index in [-0.39, 0.29) is 0 Å². The molecule has 0 atom stereocenters. The molecular weight excluding hydrogens is 282 g/mol. The van der Waals surface area contributed by atoms with Crippen molar-refractivity contribution in [2.45, 2.75) is 30.9 Å². The summed E-state index contributed by atoms with van der Waals surface area (Å²) in [5.41, 5.74) is 0.994. The van der Waals surface area contributed by atoms with Crippen LogP contribution >= 0.6 is 11.8 Å². The lowest BCUT2D eigenvalue weighted by atomic mass is 10.3. The molecule has 0 saturated carbocycles. The number of hydrogen-bond acceptors (Lipinski definition) is 5. The average molecular weight is 303 g/mol. The number of ether oxygens (including phenoxy) is 1. The Hall–Kier alpha value is -1.75. The number of benzene rings is 1. The molecule has 0 aliphatic carbocycles. The third-order valence-corrected chi connectivity index (χ3v) is 3.89. The predicted molar refractivity (Wildman–Crippen MR) is 88.1 cm³/mol. The number of methoxy groups -OCH3 is 1. The van der Waals surface area contributed by atoms with E-state index in [0.717, 1.165) is 41.8 Å². The van der Waals surface area contributed by atoms with E-state index in [0.29, 0.717) is 0 Å². The van der Waals surface area contributed by atoms with Gasteiger partial charge in [-0.05, 0) is 37.6 Å². The average Bonchev–Trinajstić information content (AvgIpc) is 2.51. The van der Waals surface area contributed by atoms with Crippen molar-refractivity contribution in [3.63, 3.8) is 0 Å². The zero-order valence-electron chi connectivity index (χ0n) is 12.7. The van der Waals surface area contributed by atoms with Crippen molar-refractivity contribution in [1.82, 2.24) is 9.97 Å². The summed E-state index contributed by atoms with van der Waals surface area (Å²) in [6.45, 7) is 5.07. The highest BCUT2D eigenvalue weighted by atomic mass is 32.2. The molecule has 1 heterocycles. The molecule has 2 rings (SSSR count). The smallest absolute Gasteiger partial charge is 0.141 e. The van der Waals surface area contributed by atoms with E-state index in [9.17, 15) is 0 Å². The largest absolute Gasteiger partial charge is 0.497 e. The van der Waals surface area contributed by atoms with Gasteiger partial charge in [0.1, 0.15) is 17.4 Å². The van der Waals surface area contributed by atoms with Gasteiger partial charge in [0.25, 0.3) is 0 Å². The maximum absolute atomic E-state index is 5.16. The number of nitrogens with one attached hydrogen (secondary N) is 1. The number of aryl methyl sites for hydroxylation is 1. The van der Waals surface area contributed by atoms with Crippen LogP contribution in [0.4, 0.5) is 5.82 Å². The molecule has 0 radical (unpaired) electrons. The molecule has 0 saturated heterocycles. The first-order valence-corrected chi connectivity index (χ1v) is 8.05. The molecule has 0 fully saturated rings. The second-order valence-electron chi connectivity index (χ2n) is 4.70. The highest BCUT2D eigenvalue weighted by Crippen LogP contribution is 2.24. The lowest BCUT2D eigenvalue weighted by molar-refractivity contribution is 0.414. The maximum atomic E-state index is 5.16. The normalized spacial score (nSPS) is 10.4. The molecule has 1 aromatic heterocycles. The number of hydrogen-bond donors (Lipinski definition) is 1. The van der Waals surface area contributed by atoms with Gasteiger partial charge in [-0.15, -0.1) is 11.8 Å². The zero-order chi connectivity index (χ0) is 15.1. The van der Waals surface area contributed by atoms with E-state index in [1.54, 1.807) is 18.9 Å². The van der Waals surface area contributed by atoms with Gasteiger partial charge in [-0.1, -0.05) is 6.92 Å². The molecule has 1 aromatic carbocycles. The predicted octanol–water partition coefficient (Wildman–Crippen LogP) is 3.91.